The molecule has 6 nitrogen and oxygen atoms in total. The number of carbonyl (C=O) groups is 1. The van der Waals surface area contributed by atoms with Crippen molar-refractivity contribution in [3.05, 3.63) is 77.9 Å². The number of likely N-dealkylation sites (N-methyl/N-ethyl adjacent to an activating group) is 1. The first-order valence-corrected chi connectivity index (χ1v) is 12.4. The Labute approximate surface area is 204 Å². The highest BCUT2D eigenvalue weighted by atomic mass is 16.3. The van der Waals surface area contributed by atoms with E-state index in [0.29, 0.717) is 6.04 Å². The number of phenols is 1. The molecule has 2 saturated heterocycles. The van der Waals surface area contributed by atoms with E-state index in [4.69, 9.17) is 0 Å². The van der Waals surface area contributed by atoms with Gasteiger partial charge in [-0.25, -0.2) is 0 Å². The molecule has 2 heterocycles. The standard InChI is InChI=1S/C28H38N4O2/c1-4-12-30-16-18-32(22(2)21-30)27(24-9-6-11-26(33)20-24)23-8-5-10-25(19-23)28(34)31-14-7-13-29(3)15-17-31/h4-6,8-11,19-20,22,27,33H,1,7,12-18,21H2,2-3H3. The quantitative estimate of drug-likeness (QED) is 0.667. The van der Waals surface area contributed by atoms with Gasteiger partial charge in [0.25, 0.3) is 5.91 Å². The van der Waals surface area contributed by atoms with Crippen LogP contribution in [0.5, 0.6) is 5.75 Å². The predicted octanol–water partition coefficient (Wildman–Crippen LogP) is 3.45. The van der Waals surface area contributed by atoms with Gasteiger partial charge in [-0.1, -0.05) is 30.3 Å². The molecule has 1 N–H and O–H groups in total. The monoisotopic (exact) mass is 462 g/mol. The second kappa shape index (κ2) is 11.2. The second-order valence-electron chi connectivity index (χ2n) is 9.71. The zero-order chi connectivity index (χ0) is 24.1. The highest BCUT2D eigenvalue weighted by Gasteiger charge is 2.32. The summed E-state index contributed by atoms with van der Waals surface area (Å²) in [6, 6.07) is 15.9. The first-order chi connectivity index (χ1) is 16.5. The van der Waals surface area contributed by atoms with Crippen LogP contribution in [0.15, 0.2) is 61.2 Å². The summed E-state index contributed by atoms with van der Waals surface area (Å²) in [5, 5.41) is 10.2. The second-order valence-corrected chi connectivity index (χ2v) is 9.71. The number of hydrogen-bond donors (Lipinski definition) is 1. The third kappa shape index (κ3) is 5.69. The van der Waals surface area contributed by atoms with Gasteiger partial charge in [0.05, 0.1) is 6.04 Å². The fourth-order valence-corrected chi connectivity index (χ4v) is 5.32. The summed E-state index contributed by atoms with van der Waals surface area (Å²) < 4.78 is 0. The number of amides is 1. The van der Waals surface area contributed by atoms with Crippen molar-refractivity contribution in [1.29, 1.82) is 0 Å². The molecule has 0 bridgehead atoms. The summed E-state index contributed by atoms with van der Waals surface area (Å²) >= 11 is 0. The number of benzene rings is 2. The van der Waals surface area contributed by atoms with Crippen LogP contribution in [-0.2, 0) is 0 Å². The molecule has 6 heteroatoms. The minimum Gasteiger partial charge on any atom is -0.508 e. The summed E-state index contributed by atoms with van der Waals surface area (Å²) in [5.74, 6) is 0.372. The Morgan fingerprint density at radius 2 is 1.82 bits per heavy atom. The molecule has 4 rings (SSSR count). The molecule has 2 fully saturated rings. The molecular formula is C28H38N4O2. The minimum absolute atomic E-state index is 0.0315. The lowest BCUT2D eigenvalue weighted by atomic mass is 9.93. The topological polar surface area (TPSA) is 50.3 Å². The number of phenolic OH excluding ortho intramolecular Hbond substituents is 1. The third-order valence-electron chi connectivity index (χ3n) is 7.12. The summed E-state index contributed by atoms with van der Waals surface area (Å²) in [4.78, 5) is 22.6. The molecule has 0 aliphatic carbocycles. The van der Waals surface area contributed by atoms with E-state index in [1.54, 1.807) is 6.07 Å². The number of piperazine rings is 1. The lowest BCUT2D eigenvalue weighted by Gasteiger charge is -2.44. The normalized spacial score (nSPS) is 21.7. The molecule has 2 aromatic rings. The largest absolute Gasteiger partial charge is 0.508 e. The van der Waals surface area contributed by atoms with Gasteiger partial charge in [0.15, 0.2) is 0 Å². The van der Waals surface area contributed by atoms with Gasteiger partial charge in [0, 0.05) is 57.4 Å². The van der Waals surface area contributed by atoms with Crippen LogP contribution in [0.1, 0.15) is 40.9 Å². The molecule has 1 amide bonds. The average molecular weight is 463 g/mol. The van der Waals surface area contributed by atoms with Gasteiger partial charge >= 0.3 is 0 Å². The van der Waals surface area contributed by atoms with E-state index in [0.717, 1.165) is 75.5 Å². The van der Waals surface area contributed by atoms with Gasteiger partial charge in [0.1, 0.15) is 5.75 Å². The first kappa shape index (κ1) is 24.5. The molecule has 34 heavy (non-hydrogen) atoms. The predicted molar refractivity (Wildman–Crippen MR) is 137 cm³/mol. The van der Waals surface area contributed by atoms with Crippen molar-refractivity contribution in [3.8, 4) is 5.75 Å². The van der Waals surface area contributed by atoms with Crippen molar-refractivity contribution in [1.82, 2.24) is 19.6 Å². The van der Waals surface area contributed by atoms with Gasteiger partial charge in [-0.2, -0.15) is 0 Å². The van der Waals surface area contributed by atoms with Crippen LogP contribution in [0, 0.1) is 0 Å². The fourth-order valence-electron chi connectivity index (χ4n) is 5.32. The molecule has 0 saturated carbocycles. The highest BCUT2D eigenvalue weighted by molar-refractivity contribution is 5.94. The summed E-state index contributed by atoms with van der Waals surface area (Å²) in [6.07, 6.45) is 2.96. The van der Waals surface area contributed by atoms with E-state index in [2.05, 4.69) is 53.4 Å². The molecule has 2 aliphatic heterocycles. The van der Waals surface area contributed by atoms with Crippen molar-refractivity contribution in [2.24, 2.45) is 0 Å². The lowest BCUT2D eigenvalue weighted by Crippen LogP contribution is -2.53. The van der Waals surface area contributed by atoms with Crippen molar-refractivity contribution in [2.75, 3.05) is 59.4 Å². The van der Waals surface area contributed by atoms with Gasteiger partial charge in [0.2, 0.25) is 0 Å². The van der Waals surface area contributed by atoms with E-state index >= 15 is 0 Å². The van der Waals surface area contributed by atoms with Crippen molar-refractivity contribution < 1.29 is 9.90 Å². The first-order valence-electron chi connectivity index (χ1n) is 12.4. The zero-order valence-electron chi connectivity index (χ0n) is 20.6. The summed E-state index contributed by atoms with van der Waals surface area (Å²) in [5.41, 5.74) is 2.88. The number of aromatic hydroxyl groups is 1. The minimum atomic E-state index is -0.0315. The maximum Gasteiger partial charge on any atom is 0.253 e. The SMILES string of the molecule is C=CCN1CCN(C(c2cccc(O)c2)c2cccc(C(=O)N3CCCN(C)CC3)c2)C(C)C1. The van der Waals surface area contributed by atoms with Gasteiger partial charge in [-0.05, 0) is 62.3 Å². The Morgan fingerprint density at radius 3 is 2.56 bits per heavy atom. The Hall–Kier alpha value is -2.67. The Balaban J connectivity index is 1.64. The van der Waals surface area contributed by atoms with Crippen LogP contribution in [0.2, 0.25) is 0 Å². The summed E-state index contributed by atoms with van der Waals surface area (Å²) in [7, 11) is 2.12. The Morgan fingerprint density at radius 1 is 1.06 bits per heavy atom. The third-order valence-corrected chi connectivity index (χ3v) is 7.12. The van der Waals surface area contributed by atoms with Gasteiger partial charge in [-0.3, -0.25) is 14.6 Å². The van der Waals surface area contributed by atoms with Crippen LogP contribution >= 0.6 is 0 Å². The van der Waals surface area contributed by atoms with E-state index in [1.165, 1.54) is 0 Å². The van der Waals surface area contributed by atoms with Crippen LogP contribution in [0.4, 0.5) is 0 Å². The molecule has 182 valence electrons. The smallest absolute Gasteiger partial charge is 0.253 e. The highest BCUT2D eigenvalue weighted by Crippen LogP contribution is 2.34. The maximum absolute atomic E-state index is 13.4. The molecule has 0 radical (unpaired) electrons. The molecule has 2 unspecified atom stereocenters. The van der Waals surface area contributed by atoms with E-state index in [1.807, 2.05) is 35.2 Å². The average Bonchev–Trinajstić information content (AvgIpc) is 3.05. The number of carbonyl (C=O) groups excluding carboxylic acids is 1. The van der Waals surface area contributed by atoms with Gasteiger partial charge < -0.3 is 14.9 Å². The molecule has 0 spiro atoms. The fraction of sp³-hybridized carbons (Fsp3) is 0.464. The van der Waals surface area contributed by atoms with Crippen LogP contribution in [0.3, 0.4) is 0 Å². The summed E-state index contributed by atoms with van der Waals surface area (Å²) in [6.45, 7) is 13.4. The number of hydrogen-bond acceptors (Lipinski definition) is 5. The van der Waals surface area contributed by atoms with E-state index < -0.39 is 0 Å². The van der Waals surface area contributed by atoms with Crippen molar-refractivity contribution >= 4 is 5.91 Å². The van der Waals surface area contributed by atoms with E-state index in [-0.39, 0.29) is 17.7 Å². The van der Waals surface area contributed by atoms with Crippen molar-refractivity contribution in [2.45, 2.75) is 25.4 Å². The van der Waals surface area contributed by atoms with E-state index in [9.17, 15) is 9.90 Å². The van der Waals surface area contributed by atoms with Gasteiger partial charge in [-0.15, -0.1) is 6.58 Å². The zero-order valence-corrected chi connectivity index (χ0v) is 20.6. The lowest BCUT2D eigenvalue weighted by molar-refractivity contribution is 0.0669. The van der Waals surface area contributed by atoms with Crippen LogP contribution in [-0.4, -0.2) is 96.1 Å². The van der Waals surface area contributed by atoms with Crippen molar-refractivity contribution in [3.63, 3.8) is 0 Å². The number of rotatable bonds is 6. The molecular weight excluding hydrogens is 424 g/mol. The molecule has 2 aromatic carbocycles. The molecule has 0 aromatic heterocycles. The number of nitrogens with zero attached hydrogens (tertiary/aromatic N) is 4. The van der Waals surface area contributed by atoms with Crippen LogP contribution < -0.4 is 0 Å². The maximum atomic E-state index is 13.4. The molecule has 2 aliphatic rings. The molecule has 2 atom stereocenters. The van der Waals surface area contributed by atoms with Crippen LogP contribution in [0.25, 0.3) is 0 Å². The Bertz CT molecular complexity index is 994. The Kier molecular flexibility index (Phi) is 8.03.